The highest BCUT2D eigenvalue weighted by atomic mass is 16.6. The standard InChI is InChI=1S/C19H18N4O6/c24-17(8-5-13-3-6-15(7-4-13)23(27)28)20-21-19(26)14-10-18(25)22(11-14)12-16-2-1-9-29-16/h1-9,14H,10-12H2,(H,20,24)(H,21,26)/b8-5+. The number of likely N-dealkylation sites (tertiary alicyclic amines) is 1. The van der Waals surface area contributed by atoms with Gasteiger partial charge in [-0.25, -0.2) is 0 Å². The van der Waals surface area contributed by atoms with E-state index >= 15 is 0 Å². The maximum absolute atomic E-state index is 12.2. The van der Waals surface area contributed by atoms with Crippen LogP contribution in [0.5, 0.6) is 0 Å². The number of non-ortho nitro benzene ring substituents is 1. The first kappa shape index (κ1) is 19.8. The van der Waals surface area contributed by atoms with Crippen LogP contribution < -0.4 is 10.9 Å². The number of hydrogen-bond donors (Lipinski definition) is 2. The van der Waals surface area contributed by atoms with Gasteiger partial charge in [0.15, 0.2) is 0 Å². The monoisotopic (exact) mass is 398 g/mol. The number of nitro benzene ring substituents is 1. The van der Waals surface area contributed by atoms with Crippen molar-refractivity contribution in [1.29, 1.82) is 0 Å². The summed E-state index contributed by atoms with van der Waals surface area (Å²) in [5, 5.41) is 10.6. The molecule has 1 aromatic carbocycles. The maximum Gasteiger partial charge on any atom is 0.269 e. The van der Waals surface area contributed by atoms with Crippen LogP contribution in [-0.4, -0.2) is 34.1 Å². The zero-order chi connectivity index (χ0) is 20.8. The molecule has 1 atom stereocenters. The lowest BCUT2D eigenvalue weighted by Gasteiger charge is -2.15. The van der Waals surface area contributed by atoms with Crippen molar-refractivity contribution < 1.29 is 23.7 Å². The van der Waals surface area contributed by atoms with Crippen molar-refractivity contribution in [2.24, 2.45) is 5.92 Å². The molecule has 0 aliphatic carbocycles. The molecule has 1 aromatic heterocycles. The number of benzene rings is 1. The third-order valence-electron chi connectivity index (χ3n) is 4.35. The second-order valence-electron chi connectivity index (χ2n) is 6.42. The Hall–Kier alpha value is -3.95. The van der Waals surface area contributed by atoms with Crippen LogP contribution in [0, 0.1) is 16.0 Å². The first-order chi connectivity index (χ1) is 13.9. The molecular weight excluding hydrogens is 380 g/mol. The number of carbonyl (C=O) groups excluding carboxylic acids is 3. The quantitative estimate of drug-likeness (QED) is 0.429. The van der Waals surface area contributed by atoms with Crippen LogP contribution in [0.3, 0.4) is 0 Å². The number of hydrazine groups is 1. The normalized spacial score (nSPS) is 16.2. The zero-order valence-electron chi connectivity index (χ0n) is 15.2. The van der Waals surface area contributed by atoms with Crippen LogP contribution in [0.25, 0.3) is 6.08 Å². The molecule has 1 aliphatic rings. The second-order valence-corrected chi connectivity index (χ2v) is 6.42. The highest BCUT2D eigenvalue weighted by Crippen LogP contribution is 2.20. The van der Waals surface area contributed by atoms with Gasteiger partial charge in [-0.3, -0.25) is 35.3 Å². The summed E-state index contributed by atoms with van der Waals surface area (Å²) >= 11 is 0. The minimum absolute atomic E-state index is 0.0499. The molecule has 2 heterocycles. The maximum atomic E-state index is 12.2. The van der Waals surface area contributed by atoms with Crippen LogP contribution >= 0.6 is 0 Å². The fraction of sp³-hybridized carbons (Fsp3) is 0.211. The first-order valence-electron chi connectivity index (χ1n) is 8.75. The number of amides is 3. The summed E-state index contributed by atoms with van der Waals surface area (Å²) < 4.78 is 5.21. The van der Waals surface area contributed by atoms with E-state index in [1.807, 2.05) is 0 Å². The van der Waals surface area contributed by atoms with Crippen LogP contribution in [0.1, 0.15) is 17.7 Å². The van der Waals surface area contributed by atoms with Gasteiger partial charge in [-0.15, -0.1) is 0 Å². The van der Waals surface area contributed by atoms with Crippen molar-refractivity contribution in [3.8, 4) is 0 Å². The topological polar surface area (TPSA) is 135 Å². The molecule has 1 saturated heterocycles. The average molecular weight is 398 g/mol. The van der Waals surface area contributed by atoms with Crippen molar-refractivity contribution in [2.75, 3.05) is 6.54 Å². The number of nitro groups is 1. The molecule has 29 heavy (non-hydrogen) atoms. The molecule has 1 unspecified atom stereocenters. The summed E-state index contributed by atoms with van der Waals surface area (Å²) in [6.45, 7) is 0.528. The molecule has 1 fully saturated rings. The first-order valence-corrected chi connectivity index (χ1v) is 8.75. The van der Waals surface area contributed by atoms with Crippen LogP contribution in [0.2, 0.25) is 0 Å². The number of nitrogens with one attached hydrogen (secondary N) is 2. The molecule has 0 bridgehead atoms. The minimum atomic E-state index is -0.575. The van der Waals surface area contributed by atoms with Gasteiger partial charge in [0.2, 0.25) is 11.8 Å². The Kier molecular flexibility index (Phi) is 6.03. The van der Waals surface area contributed by atoms with Gasteiger partial charge in [0.25, 0.3) is 11.6 Å². The molecule has 2 aromatic rings. The molecule has 3 rings (SSSR count). The summed E-state index contributed by atoms with van der Waals surface area (Å²) in [5.41, 5.74) is 5.10. The summed E-state index contributed by atoms with van der Waals surface area (Å²) in [4.78, 5) is 47.7. The lowest BCUT2D eigenvalue weighted by atomic mass is 10.1. The molecule has 0 radical (unpaired) electrons. The minimum Gasteiger partial charge on any atom is -0.467 e. The van der Waals surface area contributed by atoms with Crippen LogP contribution in [0.15, 0.2) is 53.2 Å². The lowest BCUT2D eigenvalue weighted by Crippen LogP contribution is -2.44. The molecule has 0 saturated carbocycles. The molecule has 10 heteroatoms. The van der Waals surface area contributed by atoms with Gasteiger partial charge >= 0.3 is 0 Å². The predicted octanol–water partition coefficient (Wildman–Crippen LogP) is 1.40. The van der Waals surface area contributed by atoms with Crippen molar-refractivity contribution in [3.63, 3.8) is 0 Å². The highest BCUT2D eigenvalue weighted by Gasteiger charge is 2.34. The Morgan fingerprint density at radius 3 is 2.66 bits per heavy atom. The van der Waals surface area contributed by atoms with E-state index in [-0.39, 0.29) is 24.6 Å². The van der Waals surface area contributed by atoms with E-state index in [1.165, 1.54) is 47.6 Å². The molecule has 3 amide bonds. The Bertz CT molecular complexity index is 936. The van der Waals surface area contributed by atoms with Crippen molar-refractivity contribution >= 4 is 29.5 Å². The summed E-state index contributed by atoms with van der Waals surface area (Å²) in [6, 6.07) is 9.12. The predicted molar refractivity (Wildman–Crippen MR) is 101 cm³/mol. The lowest BCUT2D eigenvalue weighted by molar-refractivity contribution is -0.384. The molecule has 2 N–H and O–H groups in total. The summed E-state index contributed by atoms with van der Waals surface area (Å²) in [7, 11) is 0. The Morgan fingerprint density at radius 1 is 1.24 bits per heavy atom. The second kappa shape index (κ2) is 8.83. The van der Waals surface area contributed by atoms with E-state index in [0.717, 1.165) is 0 Å². The summed E-state index contributed by atoms with van der Waals surface area (Å²) in [6.07, 6.45) is 4.21. The fourth-order valence-electron chi connectivity index (χ4n) is 2.84. The Morgan fingerprint density at radius 2 is 2.00 bits per heavy atom. The average Bonchev–Trinajstić information content (AvgIpc) is 3.35. The van der Waals surface area contributed by atoms with Crippen molar-refractivity contribution in [3.05, 3.63) is 70.2 Å². The third-order valence-corrected chi connectivity index (χ3v) is 4.35. The van der Waals surface area contributed by atoms with E-state index in [2.05, 4.69) is 10.9 Å². The van der Waals surface area contributed by atoms with Gasteiger partial charge in [-0.1, -0.05) is 0 Å². The van der Waals surface area contributed by atoms with E-state index in [9.17, 15) is 24.5 Å². The number of nitrogens with zero attached hydrogens (tertiary/aromatic N) is 2. The molecule has 10 nitrogen and oxygen atoms in total. The Labute approximate surface area is 165 Å². The Balaban J connectivity index is 1.45. The molecule has 150 valence electrons. The van der Waals surface area contributed by atoms with Crippen molar-refractivity contribution in [1.82, 2.24) is 15.8 Å². The van der Waals surface area contributed by atoms with Gasteiger partial charge < -0.3 is 9.32 Å². The van der Waals surface area contributed by atoms with Gasteiger partial charge in [-0.05, 0) is 35.9 Å². The van der Waals surface area contributed by atoms with E-state index in [4.69, 9.17) is 4.42 Å². The smallest absolute Gasteiger partial charge is 0.269 e. The molecule has 0 spiro atoms. The van der Waals surface area contributed by atoms with Gasteiger partial charge in [0.05, 0.1) is 23.6 Å². The third kappa shape index (κ3) is 5.28. The van der Waals surface area contributed by atoms with Gasteiger partial charge in [0, 0.05) is 31.2 Å². The van der Waals surface area contributed by atoms with E-state index < -0.39 is 22.7 Å². The highest BCUT2D eigenvalue weighted by molar-refractivity contribution is 5.94. The molecular formula is C19H18N4O6. The van der Waals surface area contributed by atoms with E-state index in [1.54, 1.807) is 12.1 Å². The molecule has 1 aliphatic heterocycles. The van der Waals surface area contributed by atoms with E-state index in [0.29, 0.717) is 17.9 Å². The zero-order valence-corrected chi connectivity index (χ0v) is 15.2. The van der Waals surface area contributed by atoms with Gasteiger partial charge in [0.1, 0.15) is 5.76 Å². The number of furan rings is 1. The largest absolute Gasteiger partial charge is 0.467 e. The number of rotatable bonds is 6. The SMILES string of the molecule is O=C(/C=C/c1ccc([N+](=O)[O-])cc1)NNC(=O)C1CC(=O)N(Cc2ccco2)C1. The van der Waals surface area contributed by atoms with Crippen molar-refractivity contribution in [2.45, 2.75) is 13.0 Å². The van der Waals surface area contributed by atoms with Gasteiger partial charge in [-0.2, -0.15) is 0 Å². The number of carbonyl (C=O) groups is 3. The fourth-order valence-corrected chi connectivity index (χ4v) is 2.84. The summed E-state index contributed by atoms with van der Waals surface area (Å²) in [5.74, 6) is -1.14. The van der Waals surface area contributed by atoms with Crippen LogP contribution in [-0.2, 0) is 20.9 Å². The van der Waals surface area contributed by atoms with Crippen LogP contribution in [0.4, 0.5) is 5.69 Å². The number of hydrogen-bond acceptors (Lipinski definition) is 6.